The van der Waals surface area contributed by atoms with Crippen molar-refractivity contribution in [2.24, 2.45) is 11.8 Å². The molecule has 1 N–H and O–H groups in total. The predicted octanol–water partition coefficient (Wildman–Crippen LogP) is 0.614. The molecule has 0 aromatic rings. The minimum Gasteiger partial charge on any atom is -0.314 e. The first-order valence-corrected chi connectivity index (χ1v) is 3.11. The maximum atomic E-state index is 3.42. The highest BCUT2D eigenvalue weighted by atomic mass is 15.0. The number of piperidine rings is 1. The van der Waals surface area contributed by atoms with Gasteiger partial charge in [0.25, 0.3) is 0 Å². The molecule has 0 amide bonds. The highest BCUT2D eigenvalue weighted by Crippen LogP contribution is 2.44. The van der Waals surface area contributed by atoms with Crippen molar-refractivity contribution in [2.75, 3.05) is 6.54 Å². The molecule has 2 aliphatic rings. The molecule has 2 fully saturated rings. The molecule has 3 atom stereocenters. The first-order chi connectivity index (χ1) is 3.38. The van der Waals surface area contributed by atoms with Gasteiger partial charge in [-0.2, -0.15) is 0 Å². The lowest BCUT2D eigenvalue weighted by Crippen LogP contribution is -2.21. The summed E-state index contributed by atoms with van der Waals surface area (Å²) in [5.41, 5.74) is 0. The SMILES string of the molecule is C[C@@H]1NCC2CC21. The quantitative estimate of drug-likeness (QED) is 0.467. The van der Waals surface area contributed by atoms with Gasteiger partial charge in [0.1, 0.15) is 0 Å². The van der Waals surface area contributed by atoms with Crippen LogP contribution >= 0.6 is 0 Å². The van der Waals surface area contributed by atoms with E-state index in [9.17, 15) is 0 Å². The van der Waals surface area contributed by atoms with Gasteiger partial charge in [-0.25, -0.2) is 0 Å². The number of nitrogens with one attached hydrogen (secondary N) is 1. The van der Waals surface area contributed by atoms with E-state index in [2.05, 4.69) is 12.2 Å². The van der Waals surface area contributed by atoms with Crippen LogP contribution in [0.3, 0.4) is 0 Å². The Morgan fingerprint density at radius 3 is 2.57 bits per heavy atom. The molecular formula is C6H11N. The highest BCUT2D eigenvalue weighted by Gasteiger charge is 2.45. The summed E-state index contributed by atoms with van der Waals surface area (Å²) in [6, 6.07) is 0.838. The Balaban J connectivity index is 2.08. The summed E-state index contributed by atoms with van der Waals surface area (Å²) >= 11 is 0. The van der Waals surface area contributed by atoms with E-state index in [1.807, 2.05) is 0 Å². The van der Waals surface area contributed by atoms with Gasteiger partial charge in [0.15, 0.2) is 0 Å². The van der Waals surface area contributed by atoms with Crippen molar-refractivity contribution in [1.82, 2.24) is 5.32 Å². The molecule has 0 aromatic heterocycles. The van der Waals surface area contributed by atoms with Crippen molar-refractivity contribution in [3.63, 3.8) is 0 Å². The summed E-state index contributed by atoms with van der Waals surface area (Å²) in [5.74, 6) is 2.15. The molecule has 1 heterocycles. The van der Waals surface area contributed by atoms with E-state index < -0.39 is 0 Å². The first-order valence-electron chi connectivity index (χ1n) is 3.11. The lowest BCUT2D eigenvalue weighted by Gasteiger charge is -2.01. The minimum atomic E-state index is 0.838. The topological polar surface area (TPSA) is 12.0 Å². The second-order valence-electron chi connectivity index (χ2n) is 2.86. The molecule has 0 radical (unpaired) electrons. The molecule has 7 heavy (non-hydrogen) atoms. The lowest BCUT2D eigenvalue weighted by atomic mass is 10.2. The summed E-state index contributed by atoms with van der Waals surface area (Å²) < 4.78 is 0. The Hall–Kier alpha value is -0.0400. The fourth-order valence-electron chi connectivity index (χ4n) is 1.61. The van der Waals surface area contributed by atoms with Gasteiger partial charge in [0.2, 0.25) is 0 Å². The summed E-state index contributed by atoms with van der Waals surface area (Å²) in [5, 5.41) is 3.42. The number of hydrogen-bond donors (Lipinski definition) is 1. The zero-order valence-electron chi connectivity index (χ0n) is 4.65. The summed E-state index contributed by atoms with van der Waals surface area (Å²) in [4.78, 5) is 0. The molecule has 0 spiro atoms. The molecule has 40 valence electrons. The smallest absolute Gasteiger partial charge is 0.00703 e. The van der Waals surface area contributed by atoms with Crippen LogP contribution in [0.15, 0.2) is 0 Å². The van der Waals surface area contributed by atoms with Crippen molar-refractivity contribution < 1.29 is 0 Å². The summed E-state index contributed by atoms with van der Waals surface area (Å²) in [6.45, 7) is 3.59. The van der Waals surface area contributed by atoms with Crippen LogP contribution in [0.25, 0.3) is 0 Å². The molecule has 1 nitrogen and oxygen atoms in total. The largest absolute Gasteiger partial charge is 0.314 e. The van der Waals surface area contributed by atoms with Crippen LogP contribution in [0.5, 0.6) is 0 Å². The zero-order valence-corrected chi connectivity index (χ0v) is 4.65. The molecule has 1 saturated heterocycles. The maximum Gasteiger partial charge on any atom is 0.00703 e. The number of rotatable bonds is 0. The van der Waals surface area contributed by atoms with E-state index in [0.717, 1.165) is 17.9 Å². The highest BCUT2D eigenvalue weighted by molar-refractivity contribution is 5.00. The van der Waals surface area contributed by atoms with Crippen LogP contribution in [-0.2, 0) is 0 Å². The van der Waals surface area contributed by atoms with Gasteiger partial charge in [-0.15, -0.1) is 0 Å². The van der Waals surface area contributed by atoms with E-state index in [4.69, 9.17) is 0 Å². The Morgan fingerprint density at radius 2 is 2.43 bits per heavy atom. The third-order valence-electron chi connectivity index (χ3n) is 2.32. The van der Waals surface area contributed by atoms with Gasteiger partial charge in [0.05, 0.1) is 0 Å². The maximum absolute atomic E-state index is 3.42. The van der Waals surface area contributed by atoms with Gasteiger partial charge in [-0.05, 0) is 31.7 Å². The molecule has 2 unspecified atom stereocenters. The van der Waals surface area contributed by atoms with Gasteiger partial charge in [-0.1, -0.05) is 0 Å². The standard InChI is InChI=1S/C6H11N/c1-4-6-2-5(6)3-7-4/h4-7H,2-3H2,1H3/t4-,5?,6?/m0/s1. The van der Waals surface area contributed by atoms with Crippen LogP contribution in [0.2, 0.25) is 0 Å². The van der Waals surface area contributed by atoms with E-state index >= 15 is 0 Å². The Morgan fingerprint density at radius 1 is 1.57 bits per heavy atom. The molecule has 1 aliphatic carbocycles. The van der Waals surface area contributed by atoms with Gasteiger partial charge >= 0.3 is 0 Å². The van der Waals surface area contributed by atoms with Gasteiger partial charge in [-0.3, -0.25) is 0 Å². The normalized spacial score (nSPS) is 57.0. The van der Waals surface area contributed by atoms with Crippen molar-refractivity contribution in [3.8, 4) is 0 Å². The molecule has 0 aromatic carbocycles. The second kappa shape index (κ2) is 1.03. The average molecular weight is 97.2 g/mol. The zero-order chi connectivity index (χ0) is 4.85. The fourth-order valence-corrected chi connectivity index (χ4v) is 1.61. The van der Waals surface area contributed by atoms with Crippen LogP contribution in [0.4, 0.5) is 0 Å². The Labute approximate surface area is 44.1 Å². The van der Waals surface area contributed by atoms with E-state index in [-0.39, 0.29) is 0 Å². The van der Waals surface area contributed by atoms with Crippen molar-refractivity contribution in [2.45, 2.75) is 19.4 Å². The first kappa shape index (κ1) is 3.90. The fraction of sp³-hybridized carbons (Fsp3) is 1.00. The van der Waals surface area contributed by atoms with E-state index in [1.165, 1.54) is 13.0 Å². The lowest BCUT2D eigenvalue weighted by molar-refractivity contribution is 0.579. The Bertz CT molecular complexity index is 90.2. The third kappa shape index (κ3) is 0.418. The molecule has 1 aliphatic heterocycles. The van der Waals surface area contributed by atoms with E-state index in [1.54, 1.807) is 0 Å². The summed E-state index contributed by atoms with van der Waals surface area (Å²) in [6.07, 6.45) is 1.51. The number of fused-ring (bicyclic) bond motifs is 1. The van der Waals surface area contributed by atoms with Crippen LogP contribution < -0.4 is 5.32 Å². The van der Waals surface area contributed by atoms with Gasteiger partial charge < -0.3 is 5.32 Å². The van der Waals surface area contributed by atoms with Gasteiger partial charge in [0, 0.05) is 6.04 Å². The molecule has 1 heteroatoms. The Kier molecular flexibility index (Phi) is 0.571. The predicted molar refractivity (Wildman–Crippen MR) is 29.1 cm³/mol. The minimum absolute atomic E-state index is 0.838. The van der Waals surface area contributed by atoms with Crippen LogP contribution in [0, 0.1) is 11.8 Å². The average Bonchev–Trinajstić information content (AvgIpc) is 2.33. The van der Waals surface area contributed by atoms with E-state index in [0.29, 0.717) is 0 Å². The number of hydrogen-bond acceptors (Lipinski definition) is 1. The monoisotopic (exact) mass is 97.1 g/mol. The molecular weight excluding hydrogens is 86.1 g/mol. The molecule has 2 rings (SSSR count). The van der Waals surface area contributed by atoms with Crippen LogP contribution in [-0.4, -0.2) is 12.6 Å². The molecule has 1 saturated carbocycles. The third-order valence-corrected chi connectivity index (χ3v) is 2.32. The summed E-state index contributed by atoms with van der Waals surface area (Å²) in [7, 11) is 0. The van der Waals surface area contributed by atoms with Crippen LogP contribution in [0.1, 0.15) is 13.3 Å². The van der Waals surface area contributed by atoms with Crippen molar-refractivity contribution in [1.29, 1.82) is 0 Å². The molecule has 0 bridgehead atoms. The van der Waals surface area contributed by atoms with Crippen molar-refractivity contribution in [3.05, 3.63) is 0 Å². The van der Waals surface area contributed by atoms with Crippen molar-refractivity contribution >= 4 is 0 Å². The second-order valence-corrected chi connectivity index (χ2v) is 2.86.